The molecule has 0 amide bonds. The van der Waals surface area contributed by atoms with Crippen molar-refractivity contribution in [3.05, 3.63) is 48.6 Å². The van der Waals surface area contributed by atoms with Crippen molar-refractivity contribution in [1.29, 1.82) is 0 Å². The lowest BCUT2D eigenvalue weighted by Gasteiger charge is -1.98. The minimum absolute atomic E-state index is 0.0874. The largest absolute Gasteiger partial charge is 0.295 e. The Balaban J connectivity index is 3.29. The standard InChI is InChI=1S/C19H30O/c1-3-4-5-6-7-8-9-10-11-12-13-14-15-16-17-18-19(2)20/h3-4,13-18H,5-12H2,1-2H3/b4-3+,14-13+,16-15+,18-17+. The second-order valence-corrected chi connectivity index (χ2v) is 5.05. The maximum Gasteiger partial charge on any atom is 0.152 e. The molecule has 0 spiro atoms. The zero-order valence-corrected chi connectivity index (χ0v) is 13.2. The van der Waals surface area contributed by atoms with Crippen LogP contribution in [0.25, 0.3) is 0 Å². The number of carbonyl (C=O) groups excluding carboxylic acids is 1. The van der Waals surface area contributed by atoms with Crippen molar-refractivity contribution in [2.24, 2.45) is 0 Å². The Kier molecular flexibility index (Phi) is 14.6. The van der Waals surface area contributed by atoms with E-state index in [9.17, 15) is 4.79 Å². The van der Waals surface area contributed by atoms with Crippen LogP contribution in [-0.2, 0) is 4.79 Å². The van der Waals surface area contributed by atoms with E-state index in [1.165, 1.54) is 44.9 Å². The molecule has 1 nitrogen and oxygen atoms in total. The molecular formula is C19H30O. The van der Waals surface area contributed by atoms with Crippen molar-refractivity contribution >= 4 is 5.78 Å². The Morgan fingerprint density at radius 2 is 1.30 bits per heavy atom. The SMILES string of the molecule is C/C=C/CCCCCCCC/C=C/C=C/C=C/C(C)=O. The highest BCUT2D eigenvalue weighted by atomic mass is 16.1. The average molecular weight is 274 g/mol. The summed E-state index contributed by atoms with van der Waals surface area (Å²) in [5, 5.41) is 0. The predicted octanol–water partition coefficient (Wildman–Crippen LogP) is 5.94. The molecule has 0 aliphatic heterocycles. The summed E-state index contributed by atoms with van der Waals surface area (Å²) in [6.07, 6.45) is 26.3. The first-order chi connectivity index (χ1) is 9.77. The molecule has 0 rings (SSSR count). The zero-order valence-electron chi connectivity index (χ0n) is 13.2. The summed E-state index contributed by atoms with van der Waals surface area (Å²) < 4.78 is 0. The van der Waals surface area contributed by atoms with E-state index >= 15 is 0 Å². The quantitative estimate of drug-likeness (QED) is 0.186. The van der Waals surface area contributed by atoms with Gasteiger partial charge in [-0.1, -0.05) is 68.2 Å². The van der Waals surface area contributed by atoms with E-state index in [1.807, 2.05) is 12.2 Å². The average Bonchev–Trinajstić information content (AvgIpc) is 2.43. The molecule has 0 N–H and O–H groups in total. The summed E-state index contributed by atoms with van der Waals surface area (Å²) in [6, 6.07) is 0. The zero-order chi connectivity index (χ0) is 14.9. The second-order valence-electron chi connectivity index (χ2n) is 5.05. The van der Waals surface area contributed by atoms with E-state index in [1.54, 1.807) is 19.1 Å². The fourth-order valence-corrected chi connectivity index (χ4v) is 1.89. The molecule has 0 unspecified atom stereocenters. The first-order valence-corrected chi connectivity index (χ1v) is 7.89. The lowest BCUT2D eigenvalue weighted by molar-refractivity contribution is -0.112. The molecule has 0 heterocycles. The topological polar surface area (TPSA) is 17.1 Å². The summed E-state index contributed by atoms with van der Waals surface area (Å²) in [5.74, 6) is 0.0874. The first-order valence-electron chi connectivity index (χ1n) is 7.89. The van der Waals surface area contributed by atoms with Crippen molar-refractivity contribution in [2.45, 2.75) is 65.2 Å². The van der Waals surface area contributed by atoms with Gasteiger partial charge in [-0.2, -0.15) is 0 Å². The van der Waals surface area contributed by atoms with E-state index in [-0.39, 0.29) is 5.78 Å². The molecule has 0 saturated heterocycles. The van der Waals surface area contributed by atoms with Crippen LogP contribution in [0.1, 0.15) is 65.2 Å². The number of rotatable bonds is 12. The van der Waals surface area contributed by atoms with Gasteiger partial charge >= 0.3 is 0 Å². The van der Waals surface area contributed by atoms with Crippen LogP contribution in [0.15, 0.2) is 48.6 Å². The highest BCUT2D eigenvalue weighted by molar-refractivity contribution is 5.87. The molecule has 0 aromatic carbocycles. The van der Waals surface area contributed by atoms with Gasteiger partial charge in [-0.15, -0.1) is 0 Å². The third-order valence-electron chi connectivity index (χ3n) is 3.03. The molecule has 0 atom stereocenters. The normalized spacial score (nSPS) is 12.5. The van der Waals surface area contributed by atoms with Crippen LogP contribution < -0.4 is 0 Å². The first kappa shape index (κ1) is 18.6. The molecule has 0 saturated carbocycles. The summed E-state index contributed by atoms with van der Waals surface area (Å²) in [6.45, 7) is 3.64. The molecule has 112 valence electrons. The molecule has 0 bridgehead atoms. The maximum atomic E-state index is 10.6. The molecule has 0 aliphatic carbocycles. The number of allylic oxidation sites excluding steroid dienone is 8. The monoisotopic (exact) mass is 274 g/mol. The molecule has 0 aromatic rings. The van der Waals surface area contributed by atoms with E-state index < -0.39 is 0 Å². The van der Waals surface area contributed by atoms with Crippen molar-refractivity contribution in [1.82, 2.24) is 0 Å². The maximum absolute atomic E-state index is 10.6. The minimum Gasteiger partial charge on any atom is -0.295 e. The number of carbonyl (C=O) groups is 1. The van der Waals surface area contributed by atoms with Crippen molar-refractivity contribution in [3.8, 4) is 0 Å². The van der Waals surface area contributed by atoms with Gasteiger partial charge in [0.15, 0.2) is 5.78 Å². The van der Waals surface area contributed by atoms with Gasteiger partial charge < -0.3 is 0 Å². The van der Waals surface area contributed by atoms with E-state index in [0.717, 1.165) is 6.42 Å². The third-order valence-corrected chi connectivity index (χ3v) is 3.03. The van der Waals surface area contributed by atoms with Crippen LogP contribution in [0, 0.1) is 0 Å². The van der Waals surface area contributed by atoms with Crippen molar-refractivity contribution in [3.63, 3.8) is 0 Å². The fraction of sp³-hybridized carbons (Fsp3) is 0.526. The summed E-state index contributed by atoms with van der Waals surface area (Å²) in [7, 11) is 0. The smallest absolute Gasteiger partial charge is 0.152 e. The van der Waals surface area contributed by atoms with Gasteiger partial charge in [0.2, 0.25) is 0 Å². The molecule has 0 fully saturated rings. The number of hydrogen-bond acceptors (Lipinski definition) is 1. The van der Waals surface area contributed by atoms with Crippen LogP contribution in [-0.4, -0.2) is 5.78 Å². The number of hydrogen-bond donors (Lipinski definition) is 0. The molecule has 0 aromatic heterocycles. The summed E-state index contributed by atoms with van der Waals surface area (Å²) in [4.78, 5) is 10.6. The Hall–Kier alpha value is -1.37. The molecule has 0 radical (unpaired) electrons. The van der Waals surface area contributed by atoms with Crippen LogP contribution in [0.2, 0.25) is 0 Å². The summed E-state index contributed by atoms with van der Waals surface area (Å²) in [5.41, 5.74) is 0. The van der Waals surface area contributed by atoms with Crippen LogP contribution in [0.5, 0.6) is 0 Å². The van der Waals surface area contributed by atoms with E-state index in [2.05, 4.69) is 31.2 Å². The second kappa shape index (κ2) is 15.7. The van der Waals surface area contributed by atoms with E-state index in [4.69, 9.17) is 0 Å². The van der Waals surface area contributed by atoms with Gasteiger partial charge in [-0.05, 0) is 45.6 Å². The van der Waals surface area contributed by atoms with Crippen LogP contribution in [0.4, 0.5) is 0 Å². The van der Waals surface area contributed by atoms with Crippen molar-refractivity contribution < 1.29 is 4.79 Å². The van der Waals surface area contributed by atoms with Crippen LogP contribution in [0.3, 0.4) is 0 Å². The van der Waals surface area contributed by atoms with Gasteiger partial charge in [-0.25, -0.2) is 0 Å². The predicted molar refractivity (Wildman–Crippen MR) is 89.9 cm³/mol. The third kappa shape index (κ3) is 16.6. The number of ketones is 1. The van der Waals surface area contributed by atoms with E-state index in [0.29, 0.717) is 0 Å². The van der Waals surface area contributed by atoms with Gasteiger partial charge in [0, 0.05) is 0 Å². The summed E-state index contributed by atoms with van der Waals surface area (Å²) >= 11 is 0. The molecular weight excluding hydrogens is 244 g/mol. The van der Waals surface area contributed by atoms with Gasteiger partial charge in [-0.3, -0.25) is 4.79 Å². The van der Waals surface area contributed by atoms with Crippen molar-refractivity contribution in [2.75, 3.05) is 0 Å². The van der Waals surface area contributed by atoms with Gasteiger partial charge in [0.25, 0.3) is 0 Å². The molecule has 0 aliphatic rings. The highest BCUT2D eigenvalue weighted by Crippen LogP contribution is 2.09. The Bertz CT molecular complexity index is 332. The molecule has 20 heavy (non-hydrogen) atoms. The Morgan fingerprint density at radius 1 is 0.750 bits per heavy atom. The molecule has 1 heteroatoms. The van der Waals surface area contributed by atoms with Crippen LogP contribution >= 0.6 is 0 Å². The lowest BCUT2D eigenvalue weighted by Crippen LogP contribution is -1.79. The fourth-order valence-electron chi connectivity index (χ4n) is 1.89. The highest BCUT2D eigenvalue weighted by Gasteiger charge is 1.89. The van der Waals surface area contributed by atoms with Gasteiger partial charge in [0.05, 0.1) is 0 Å². The Morgan fingerprint density at radius 3 is 1.90 bits per heavy atom. The van der Waals surface area contributed by atoms with Gasteiger partial charge in [0.1, 0.15) is 0 Å². The lowest BCUT2D eigenvalue weighted by atomic mass is 10.1. The Labute approximate surface area is 125 Å². The number of unbranched alkanes of at least 4 members (excludes halogenated alkanes) is 7. The minimum atomic E-state index is 0.0874.